The van der Waals surface area contributed by atoms with Crippen molar-refractivity contribution in [3.8, 4) is 17.2 Å². The largest absolute Gasteiger partial charge is 0.496 e. The molecule has 0 aliphatic rings. The molecule has 0 radical (unpaired) electrons. The van der Waals surface area contributed by atoms with Crippen molar-refractivity contribution in [1.29, 1.82) is 5.41 Å². The molecule has 0 bridgehead atoms. The summed E-state index contributed by atoms with van der Waals surface area (Å²) in [6.45, 7) is 6.83. The lowest BCUT2D eigenvalue weighted by molar-refractivity contribution is 0.371. The smallest absolute Gasteiger partial charge is 0.261 e. The lowest BCUT2D eigenvalue weighted by Gasteiger charge is -2.14. The number of benzene rings is 1. The highest BCUT2D eigenvalue weighted by Gasteiger charge is 2.14. The molecule has 6 heteroatoms. The second-order valence-electron chi connectivity index (χ2n) is 3.54. The number of thioether (sulfide) groups is 1. The van der Waals surface area contributed by atoms with Gasteiger partial charge in [-0.1, -0.05) is 11.8 Å². The molecule has 1 N–H and O–H groups in total. The van der Waals surface area contributed by atoms with Crippen molar-refractivity contribution in [2.45, 2.75) is 5.75 Å². The maximum Gasteiger partial charge on any atom is 0.261 e. The molecule has 0 spiro atoms. The van der Waals surface area contributed by atoms with E-state index in [1.54, 1.807) is 33.5 Å². The number of nitrogens with one attached hydrogen (secondary N) is 1. The molecule has 0 aliphatic heterocycles. The van der Waals surface area contributed by atoms with Crippen molar-refractivity contribution >= 4 is 16.8 Å². The number of methoxy groups -OCH3 is 3. The van der Waals surface area contributed by atoms with Gasteiger partial charge in [0.2, 0.25) is 0 Å². The molecule has 5 nitrogen and oxygen atoms in total. The van der Waals surface area contributed by atoms with Crippen LogP contribution in [0.1, 0.15) is 5.56 Å². The number of hydrogen-bond donors (Lipinski definition) is 1. The van der Waals surface area contributed by atoms with Crippen LogP contribution in [0.25, 0.3) is 4.85 Å². The predicted octanol–water partition coefficient (Wildman–Crippen LogP) is 2.84. The molecule has 1 aromatic carbocycles. The summed E-state index contributed by atoms with van der Waals surface area (Å²) in [5, 5.41) is 7.94. The predicted molar refractivity (Wildman–Crippen MR) is 76.6 cm³/mol. The van der Waals surface area contributed by atoms with Crippen molar-refractivity contribution in [3.05, 3.63) is 29.1 Å². The summed E-state index contributed by atoms with van der Waals surface area (Å²) >= 11 is 1.30. The fourth-order valence-corrected chi connectivity index (χ4v) is 2.26. The van der Waals surface area contributed by atoms with E-state index in [1.165, 1.54) is 11.8 Å². The Morgan fingerprint density at radius 3 is 2.21 bits per heavy atom. The number of rotatable bonds is 6. The van der Waals surface area contributed by atoms with Gasteiger partial charge in [0, 0.05) is 23.4 Å². The summed E-state index contributed by atoms with van der Waals surface area (Å²) in [6.07, 6.45) is 0. The molecule has 0 aromatic heterocycles. The van der Waals surface area contributed by atoms with E-state index in [0.717, 1.165) is 5.56 Å². The Morgan fingerprint density at radius 1 is 1.21 bits per heavy atom. The van der Waals surface area contributed by atoms with Crippen molar-refractivity contribution in [2.75, 3.05) is 27.9 Å². The van der Waals surface area contributed by atoms with Crippen LogP contribution in [-0.4, -0.2) is 32.9 Å². The van der Waals surface area contributed by atoms with Crippen LogP contribution in [0.15, 0.2) is 12.1 Å². The molecule has 0 fully saturated rings. The zero-order chi connectivity index (χ0) is 14.3. The van der Waals surface area contributed by atoms with Gasteiger partial charge < -0.3 is 19.1 Å². The molecule has 0 atom stereocenters. The number of nitrogens with zero attached hydrogens (tertiary/aromatic N) is 1. The minimum Gasteiger partial charge on any atom is -0.496 e. The van der Waals surface area contributed by atoms with Gasteiger partial charge in [0.1, 0.15) is 22.3 Å². The molecule has 1 rings (SSSR count). The minimum absolute atomic E-state index is 0.103. The maximum atomic E-state index is 7.61. The van der Waals surface area contributed by atoms with E-state index < -0.39 is 0 Å². The molecular weight excluding hydrogens is 264 g/mol. The van der Waals surface area contributed by atoms with Crippen LogP contribution < -0.4 is 14.2 Å². The number of hydrogen-bond acceptors (Lipinski definition) is 5. The average Bonchev–Trinajstić information content (AvgIpc) is 2.44. The second kappa shape index (κ2) is 7.54. The highest BCUT2D eigenvalue weighted by atomic mass is 32.2. The molecule has 0 saturated carbocycles. The summed E-state index contributed by atoms with van der Waals surface area (Å²) in [4.78, 5) is 3.18. The average molecular weight is 280 g/mol. The summed E-state index contributed by atoms with van der Waals surface area (Å²) < 4.78 is 15.8. The van der Waals surface area contributed by atoms with Gasteiger partial charge in [0.05, 0.1) is 21.3 Å². The van der Waals surface area contributed by atoms with Crippen molar-refractivity contribution < 1.29 is 14.2 Å². The Balaban J connectivity index is 2.97. The third-order valence-corrected chi connectivity index (χ3v) is 3.34. The highest BCUT2D eigenvalue weighted by molar-refractivity contribution is 8.13. The topological polar surface area (TPSA) is 55.9 Å². The Labute approximate surface area is 117 Å². The van der Waals surface area contributed by atoms with Gasteiger partial charge in [0.15, 0.2) is 0 Å². The van der Waals surface area contributed by atoms with Crippen LogP contribution >= 0.6 is 11.8 Å². The lowest BCUT2D eigenvalue weighted by Crippen LogP contribution is -2.00. The summed E-state index contributed by atoms with van der Waals surface area (Å²) in [7, 11) is 4.73. The van der Waals surface area contributed by atoms with Crippen LogP contribution in [0.3, 0.4) is 0 Å². The number of ether oxygens (including phenoxy) is 3. The van der Waals surface area contributed by atoms with Gasteiger partial charge in [-0.25, -0.2) is 6.57 Å². The normalized spacial score (nSPS) is 9.58. The first-order chi connectivity index (χ1) is 9.15. The molecule has 0 saturated heterocycles. The quantitative estimate of drug-likeness (QED) is 0.494. The van der Waals surface area contributed by atoms with Gasteiger partial charge in [-0.2, -0.15) is 0 Å². The van der Waals surface area contributed by atoms with Crippen LogP contribution in [-0.2, 0) is 5.75 Å². The summed E-state index contributed by atoms with van der Waals surface area (Å²) in [5.74, 6) is 2.47. The molecular formula is C13H16N2O3S. The van der Waals surface area contributed by atoms with E-state index in [4.69, 9.17) is 26.2 Å². The molecule has 0 unspecified atom stereocenters. The second-order valence-corrected chi connectivity index (χ2v) is 4.61. The van der Waals surface area contributed by atoms with Gasteiger partial charge in [0.25, 0.3) is 6.54 Å². The Bertz CT molecular complexity index is 472. The molecule has 0 heterocycles. The minimum atomic E-state index is 0.103. The molecule has 1 aromatic rings. The lowest BCUT2D eigenvalue weighted by atomic mass is 10.2. The van der Waals surface area contributed by atoms with E-state index in [9.17, 15) is 0 Å². The SMILES string of the molecule is [C-]#[N+]CC(=N)SCc1c(OC)cc(OC)cc1OC. The van der Waals surface area contributed by atoms with Crippen LogP contribution in [0.2, 0.25) is 0 Å². The Morgan fingerprint density at radius 2 is 1.79 bits per heavy atom. The van der Waals surface area contributed by atoms with E-state index in [-0.39, 0.29) is 6.54 Å². The zero-order valence-corrected chi connectivity index (χ0v) is 12.0. The third kappa shape index (κ3) is 4.07. The van der Waals surface area contributed by atoms with Gasteiger partial charge in [-0.05, 0) is 0 Å². The van der Waals surface area contributed by atoms with Crippen LogP contribution in [0, 0.1) is 12.0 Å². The molecule has 0 amide bonds. The van der Waals surface area contributed by atoms with Crippen LogP contribution in [0.4, 0.5) is 0 Å². The molecule has 19 heavy (non-hydrogen) atoms. The Hall–Kier alpha value is -1.87. The molecule has 0 aliphatic carbocycles. The van der Waals surface area contributed by atoms with Crippen molar-refractivity contribution in [2.24, 2.45) is 0 Å². The fraction of sp³-hybridized carbons (Fsp3) is 0.385. The Kier molecular flexibility index (Phi) is 6.03. The molecule has 102 valence electrons. The first-order valence-corrected chi connectivity index (χ1v) is 6.47. The fourth-order valence-electron chi connectivity index (χ4n) is 1.50. The van der Waals surface area contributed by atoms with Crippen molar-refractivity contribution in [1.82, 2.24) is 0 Å². The maximum absolute atomic E-state index is 7.61. The van der Waals surface area contributed by atoms with Gasteiger partial charge in [-0.3, -0.25) is 5.41 Å². The van der Waals surface area contributed by atoms with E-state index in [2.05, 4.69) is 4.85 Å². The van der Waals surface area contributed by atoms with Crippen LogP contribution in [0.5, 0.6) is 17.2 Å². The highest BCUT2D eigenvalue weighted by Crippen LogP contribution is 2.36. The third-order valence-electron chi connectivity index (χ3n) is 2.43. The summed E-state index contributed by atoms with van der Waals surface area (Å²) in [5.41, 5.74) is 0.852. The first-order valence-electron chi connectivity index (χ1n) is 5.48. The van der Waals surface area contributed by atoms with E-state index in [0.29, 0.717) is 28.0 Å². The first kappa shape index (κ1) is 15.2. The monoisotopic (exact) mass is 280 g/mol. The van der Waals surface area contributed by atoms with Crippen molar-refractivity contribution in [3.63, 3.8) is 0 Å². The van der Waals surface area contributed by atoms with E-state index >= 15 is 0 Å². The van der Waals surface area contributed by atoms with Gasteiger partial charge >= 0.3 is 0 Å². The summed E-state index contributed by atoms with van der Waals surface area (Å²) in [6, 6.07) is 3.55. The zero-order valence-electron chi connectivity index (χ0n) is 11.1. The van der Waals surface area contributed by atoms with Gasteiger partial charge in [-0.15, -0.1) is 0 Å². The standard InChI is InChI=1S/C13H16N2O3S/c1-15-7-13(14)19-8-10-11(17-3)5-9(16-2)6-12(10)18-4/h5-6,14H,7-8H2,2-4H3. The van der Waals surface area contributed by atoms with E-state index in [1.807, 2.05) is 0 Å².